The van der Waals surface area contributed by atoms with Gasteiger partial charge in [0.2, 0.25) is 0 Å². The summed E-state index contributed by atoms with van der Waals surface area (Å²) in [5.74, 6) is 2.64. The Labute approximate surface area is 178 Å². The van der Waals surface area contributed by atoms with Crippen molar-refractivity contribution in [3.8, 4) is 34.3 Å². The average molecular weight is 415 g/mol. The van der Waals surface area contributed by atoms with Gasteiger partial charge in [-0.2, -0.15) is 0 Å². The quantitative estimate of drug-likeness (QED) is 0.419. The molecule has 0 amide bonds. The van der Waals surface area contributed by atoms with E-state index in [1.807, 2.05) is 60.7 Å². The number of rotatable bonds is 7. The van der Waals surface area contributed by atoms with E-state index in [0.717, 1.165) is 11.3 Å². The van der Waals surface area contributed by atoms with E-state index in [-0.39, 0.29) is 5.56 Å². The Balaban J connectivity index is 1.56. The monoisotopic (exact) mass is 415 g/mol. The number of methoxy groups -OCH3 is 2. The van der Waals surface area contributed by atoms with Crippen molar-refractivity contribution in [2.45, 2.75) is 0 Å². The Bertz CT molecular complexity index is 1240. The fourth-order valence-corrected chi connectivity index (χ4v) is 3.07. The zero-order valence-electron chi connectivity index (χ0n) is 17.1. The first-order chi connectivity index (χ1) is 15.2. The molecule has 7 heteroatoms. The van der Waals surface area contributed by atoms with Crippen molar-refractivity contribution < 1.29 is 14.2 Å². The third-order valence-electron chi connectivity index (χ3n) is 4.65. The van der Waals surface area contributed by atoms with Gasteiger partial charge in [0.05, 0.1) is 31.2 Å². The van der Waals surface area contributed by atoms with Gasteiger partial charge >= 0.3 is 0 Å². The number of benzene rings is 3. The van der Waals surface area contributed by atoms with Crippen LogP contribution >= 0.6 is 0 Å². The van der Waals surface area contributed by atoms with Crippen LogP contribution in [0.2, 0.25) is 0 Å². The number of aliphatic imine (C=N–C) groups is 1. The number of hydrogen-bond acceptors (Lipinski definition) is 5. The molecule has 4 rings (SSSR count). The second kappa shape index (κ2) is 9.04. The third kappa shape index (κ3) is 4.51. The molecule has 4 aromatic rings. The van der Waals surface area contributed by atoms with E-state index in [9.17, 15) is 4.79 Å². The van der Waals surface area contributed by atoms with E-state index in [4.69, 9.17) is 14.2 Å². The maximum absolute atomic E-state index is 12.3. The second-order valence-corrected chi connectivity index (χ2v) is 6.60. The van der Waals surface area contributed by atoms with E-state index in [0.29, 0.717) is 34.2 Å². The van der Waals surface area contributed by atoms with Crippen LogP contribution < -0.4 is 19.8 Å². The molecule has 0 spiro atoms. The smallest absolute Gasteiger partial charge is 0.273 e. The molecule has 3 aromatic carbocycles. The van der Waals surface area contributed by atoms with Crippen molar-refractivity contribution in [1.82, 2.24) is 10.2 Å². The number of nitrogens with zero attached hydrogens (tertiary/aromatic N) is 1. The van der Waals surface area contributed by atoms with E-state index in [1.54, 1.807) is 26.4 Å². The molecule has 0 aliphatic rings. The molecule has 7 nitrogen and oxygen atoms in total. The van der Waals surface area contributed by atoms with Crippen LogP contribution in [0.25, 0.3) is 11.3 Å². The molecule has 0 unspecified atom stereocenters. The van der Waals surface area contributed by atoms with Crippen LogP contribution in [0.5, 0.6) is 23.0 Å². The van der Waals surface area contributed by atoms with Crippen LogP contribution in [-0.2, 0) is 0 Å². The van der Waals surface area contributed by atoms with Gasteiger partial charge in [0.25, 0.3) is 5.56 Å². The zero-order valence-corrected chi connectivity index (χ0v) is 17.1. The van der Waals surface area contributed by atoms with Gasteiger partial charge in [-0.25, -0.2) is 0 Å². The number of hydrogen-bond donors (Lipinski definition) is 2. The lowest BCUT2D eigenvalue weighted by atomic mass is 10.1. The summed E-state index contributed by atoms with van der Waals surface area (Å²) in [6.45, 7) is 0. The topological polar surface area (TPSA) is 88.7 Å². The predicted octanol–water partition coefficient (Wildman–Crippen LogP) is 4.93. The van der Waals surface area contributed by atoms with Crippen LogP contribution in [0.1, 0.15) is 5.56 Å². The number of ether oxygens (including phenoxy) is 3. The van der Waals surface area contributed by atoms with Crippen molar-refractivity contribution in [3.63, 3.8) is 0 Å². The lowest BCUT2D eigenvalue weighted by Crippen LogP contribution is -2.05. The van der Waals surface area contributed by atoms with Crippen LogP contribution in [-0.4, -0.2) is 30.6 Å². The minimum Gasteiger partial charge on any atom is -0.493 e. The lowest BCUT2D eigenvalue weighted by Gasteiger charge is -2.09. The summed E-state index contributed by atoms with van der Waals surface area (Å²) in [4.78, 5) is 16.8. The predicted molar refractivity (Wildman–Crippen MR) is 120 cm³/mol. The normalized spacial score (nSPS) is 10.9. The first-order valence-electron chi connectivity index (χ1n) is 9.58. The van der Waals surface area contributed by atoms with Crippen molar-refractivity contribution >= 4 is 11.9 Å². The Morgan fingerprint density at radius 2 is 1.52 bits per heavy atom. The first kappa shape index (κ1) is 20.0. The van der Waals surface area contributed by atoms with Crippen molar-refractivity contribution in [3.05, 3.63) is 88.7 Å². The van der Waals surface area contributed by atoms with Gasteiger partial charge in [-0.05, 0) is 54.6 Å². The van der Waals surface area contributed by atoms with Crippen LogP contribution in [0, 0.1) is 0 Å². The largest absolute Gasteiger partial charge is 0.493 e. The molecular formula is C24H21N3O4. The molecule has 0 bridgehead atoms. The van der Waals surface area contributed by atoms with Gasteiger partial charge in [0.15, 0.2) is 11.5 Å². The molecule has 1 heterocycles. The third-order valence-corrected chi connectivity index (χ3v) is 4.65. The van der Waals surface area contributed by atoms with Gasteiger partial charge in [-0.15, -0.1) is 0 Å². The number of aromatic nitrogens is 2. The first-order valence-corrected chi connectivity index (χ1v) is 9.58. The summed E-state index contributed by atoms with van der Waals surface area (Å²) < 4.78 is 16.4. The molecule has 0 radical (unpaired) electrons. The molecule has 0 saturated heterocycles. The summed E-state index contributed by atoms with van der Waals surface area (Å²) in [5, 5.41) is 5.52. The highest BCUT2D eigenvalue weighted by molar-refractivity contribution is 5.90. The molecule has 0 saturated carbocycles. The van der Waals surface area contributed by atoms with Crippen LogP contribution in [0.3, 0.4) is 0 Å². The zero-order chi connectivity index (χ0) is 21.6. The molecule has 0 fully saturated rings. The standard InChI is InChI=1S/C24H21N3O4/c1-29-21-13-8-16(14-22(21)30-2)23-20(24(28)27-26-23)15-25-17-9-11-19(12-10-17)31-18-6-4-3-5-7-18/h3-15H,1-2H3,(H2,26,27,28). The maximum Gasteiger partial charge on any atom is 0.273 e. The van der Waals surface area contributed by atoms with Gasteiger partial charge < -0.3 is 14.2 Å². The van der Waals surface area contributed by atoms with Gasteiger partial charge in [0.1, 0.15) is 11.5 Å². The summed E-state index contributed by atoms with van der Waals surface area (Å²) in [6, 6.07) is 22.3. The SMILES string of the molecule is COc1ccc(-c2[nH][nH]c(=O)c2C=Nc2ccc(Oc3ccccc3)cc2)cc1OC. The van der Waals surface area contributed by atoms with Gasteiger partial charge in [0, 0.05) is 11.8 Å². The Hall–Kier alpha value is -4.26. The molecule has 31 heavy (non-hydrogen) atoms. The highest BCUT2D eigenvalue weighted by atomic mass is 16.5. The van der Waals surface area contributed by atoms with E-state index >= 15 is 0 Å². The van der Waals surface area contributed by atoms with Crippen LogP contribution in [0.15, 0.2) is 82.6 Å². The summed E-state index contributed by atoms with van der Waals surface area (Å²) in [7, 11) is 3.14. The summed E-state index contributed by atoms with van der Waals surface area (Å²) >= 11 is 0. The number of H-pyrrole nitrogens is 2. The highest BCUT2D eigenvalue weighted by Crippen LogP contribution is 2.32. The molecule has 1 aromatic heterocycles. The Morgan fingerprint density at radius 3 is 2.23 bits per heavy atom. The van der Waals surface area contributed by atoms with E-state index < -0.39 is 0 Å². The molecule has 0 aliphatic carbocycles. The van der Waals surface area contributed by atoms with Crippen LogP contribution in [0.4, 0.5) is 5.69 Å². The van der Waals surface area contributed by atoms with Gasteiger partial charge in [-0.3, -0.25) is 20.0 Å². The summed E-state index contributed by atoms with van der Waals surface area (Å²) in [6.07, 6.45) is 1.54. The molecule has 2 N–H and O–H groups in total. The fourth-order valence-electron chi connectivity index (χ4n) is 3.07. The van der Waals surface area contributed by atoms with Crippen molar-refractivity contribution in [2.24, 2.45) is 4.99 Å². The van der Waals surface area contributed by atoms with Gasteiger partial charge in [-0.1, -0.05) is 18.2 Å². The highest BCUT2D eigenvalue weighted by Gasteiger charge is 2.13. The fraction of sp³-hybridized carbons (Fsp3) is 0.0833. The maximum atomic E-state index is 12.3. The minimum atomic E-state index is -0.266. The average Bonchev–Trinajstić information content (AvgIpc) is 3.19. The lowest BCUT2D eigenvalue weighted by molar-refractivity contribution is 0.355. The molecule has 0 aliphatic heterocycles. The second-order valence-electron chi connectivity index (χ2n) is 6.60. The molecule has 0 atom stereocenters. The molecule has 156 valence electrons. The Morgan fingerprint density at radius 1 is 0.806 bits per heavy atom. The van der Waals surface area contributed by atoms with E-state index in [1.165, 1.54) is 6.21 Å². The number of aromatic amines is 2. The van der Waals surface area contributed by atoms with Crippen molar-refractivity contribution in [2.75, 3.05) is 14.2 Å². The van der Waals surface area contributed by atoms with Crippen molar-refractivity contribution in [1.29, 1.82) is 0 Å². The van der Waals surface area contributed by atoms with E-state index in [2.05, 4.69) is 15.2 Å². The molecular weight excluding hydrogens is 394 g/mol. The number of nitrogens with one attached hydrogen (secondary N) is 2. The summed E-state index contributed by atoms with van der Waals surface area (Å²) in [5.41, 5.74) is 2.22. The number of para-hydroxylation sites is 1. The minimum absolute atomic E-state index is 0.266. The Kier molecular flexibility index (Phi) is 5.84.